The molecule has 2 amide bonds. The second-order valence-corrected chi connectivity index (χ2v) is 12.9. The number of nitrogens with zero attached hydrogens (tertiary/aromatic N) is 5. The maximum Gasteiger partial charge on any atom is 0.407 e. The SMILES string of the molecule is CCc1cc(Nc2nccn3c(-c4ccc(OC)c(F)c4F)cnc23)ccc1C(=O)NCC1CC[N+](C)(CC2CN(C(=O)O)C2)CC1.[I-]. The Morgan fingerprint density at radius 3 is 2.52 bits per heavy atom. The summed E-state index contributed by atoms with van der Waals surface area (Å²) in [5.41, 5.74) is 3.04. The first kappa shape index (κ1) is 35.3. The number of aromatic nitrogens is 3. The maximum absolute atomic E-state index is 14.9. The number of halogens is 3. The quantitative estimate of drug-likeness (QED) is 0.167. The number of anilines is 2. The minimum atomic E-state index is -1.07. The van der Waals surface area contributed by atoms with E-state index >= 15 is 0 Å². The van der Waals surface area contributed by atoms with Gasteiger partial charge in [-0.15, -0.1) is 0 Å². The van der Waals surface area contributed by atoms with Gasteiger partial charge in [-0.2, -0.15) is 4.39 Å². The summed E-state index contributed by atoms with van der Waals surface area (Å²) < 4.78 is 36.8. The summed E-state index contributed by atoms with van der Waals surface area (Å²) >= 11 is 0. The van der Waals surface area contributed by atoms with Crippen LogP contribution in [0, 0.1) is 23.5 Å². The van der Waals surface area contributed by atoms with Crippen LogP contribution in [0.25, 0.3) is 16.9 Å². The van der Waals surface area contributed by atoms with Crippen LogP contribution in [0.2, 0.25) is 0 Å². The molecule has 0 unspecified atom stereocenters. The van der Waals surface area contributed by atoms with Crippen molar-refractivity contribution >= 4 is 29.2 Å². The van der Waals surface area contributed by atoms with Crippen molar-refractivity contribution in [1.29, 1.82) is 0 Å². The molecule has 0 bridgehead atoms. The number of amides is 2. The third-order valence-corrected chi connectivity index (χ3v) is 9.60. The van der Waals surface area contributed by atoms with Crippen LogP contribution in [0.15, 0.2) is 48.9 Å². The smallest absolute Gasteiger partial charge is 0.407 e. The molecule has 11 nitrogen and oxygen atoms in total. The van der Waals surface area contributed by atoms with Crippen molar-refractivity contribution in [3.05, 3.63) is 71.7 Å². The van der Waals surface area contributed by atoms with E-state index in [2.05, 4.69) is 27.6 Å². The van der Waals surface area contributed by atoms with E-state index in [-0.39, 0.29) is 41.2 Å². The van der Waals surface area contributed by atoms with Crippen LogP contribution < -0.4 is 39.3 Å². The van der Waals surface area contributed by atoms with E-state index in [9.17, 15) is 18.4 Å². The number of aryl methyl sites for hydroxylation is 1. The molecule has 2 saturated heterocycles. The lowest BCUT2D eigenvalue weighted by Crippen LogP contribution is -3.00. The number of fused-ring (bicyclic) bond motifs is 1. The fraction of sp³-hybridized carbons (Fsp3) is 0.412. The number of nitrogens with one attached hydrogen (secondary N) is 2. The van der Waals surface area contributed by atoms with Crippen molar-refractivity contribution in [2.24, 2.45) is 11.8 Å². The molecule has 48 heavy (non-hydrogen) atoms. The van der Waals surface area contributed by atoms with E-state index in [1.165, 1.54) is 30.3 Å². The van der Waals surface area contributed by atoms with Gasteiger partial charge in [0.1, 0.15) is 0 Å². The second kappa shape index (κ2) is 14.6. The number of methoxy groups -OCH3 is 1. The van der Waals surface area contributed by atoms with Crippen LogP contribution in [0.4, 0.5) is 25.1 Å². The largest absolute Gasteiger partial charge is 1.00 e. The van der Waals surface area contributed by atoms with Crippen molar-refractivity contribution in [2.45, 2.75) is 26.2 Å². The van der Waals surface area contributed by atoms with Gasteiger partial charge in [0.05, 0.1) is 45.7 Å². The number of carbonyl (C=O) groups excluding carboxylic acids is 1. The van der Waals surface area contributed by atoms with E-state index in [1.807, 2.05) is 19.1 Å². The molecular formula is C34H40F2IN7O4. The zero-order chi connectivity index (χ0) is 33.3. The van der Waals surface area contributed by atoms with Crippen molar-refractivity contribution < 1.29 is 56.7 Å². The topological polar surface area (TPSA) is 121 Å². The molecule has 3 N–H and O–H groups in total. The number of rotatable bonds is 10. The monoisotopic (exact) mass is 775 g/mol. The molecule has 256 valence electrons. The van der Waals surface area contributed by atoms with Crippen molar-refractivity contribution in [2.75, 3.05) is 58.7 Å². The van der Waals surface area contributed by atoms with Gasteiger partial charge in [0.15, 0.2) is 23.0 Å². The molecule has 4 heterocycles. The highest BCUT2D eigenvalue weighted by Crippen LogP contribution is 2.32. The molecule has 0 atom stereocenters. The van der Waals surface area contributed by atoms with E-state index in [0.29, 0.717) is 66.3 Å². The summed E-state index contributed by atoms with van der Waals surface area (Å²) in [6.45, 7) is 6.91. The van der Waals surface area contributed by atoms with E-state index in [4.69, 9.17) is 9.84 Å². The number of imidazole rings is 1. The summed E-state index contributed by atoms with van der Waals surface area (Å²) in [7, 11) is 3.53. The Labute approximate surface area is 294 Å². The highest BCUT2D eigenvalue weighted by Gasteiger charge is 2.38. The number of carbonyl (C=O) groups is 2. The molecule has 2 aliphatic rings. The summed E-state index contributed by atoms with van der Waals surface area (Å²) in [4.78, 5) is 34.7. The molecule has 2 fully saturated rings. The summed E-state index contributed by atoms with van der Waals surface area (Å²) in [5, 5.41) is 15.5. The molecule has 6 rings (SSSR count). The molecule has 0 saturated carbocycles. The number of likely N-dealkylation sites (tertiary alicyclic amines) is 2. The zero-order valence-electron chi connectivity index (χ0n) is 27.2. The zero-order valence-corrected chi connectivity index (χ0v) is 29.3. The van der Waals surface area contributed by atoms with Crippen LogP contribution in [-0.2, 0) is 6.42 Å². The third kappa shape index (κ3) is 7.18. The lowest BCUT2D eigenvalue weighted by molar-refractivity contribution is -0.918. The lowest BCUT2D eigenvalue weighted by Gasteiger charge is -2.46. The minimum absolute atomic E-state index is 0. The molecule has 4 aromatic rings. The molecule has 2 aliphatic heterocycles. The van der Waals surface area contributed by atoms with Crippen LogP contribution in [0.5, 0.6) is 5.75 Å². The number of hydrogen-bond acceptors (Lipinski definition) is 6. The number of quaternary nitrogens is 1. The average Bonchev–Trinajstić information content (AvgIpc) is 3.48. The number of carboxylic acid groups (broad SMARTS) is 1. The first-order valence-electron chi connectivity index (χ1n) is 15.9. The van der Waals surface area contributed by atoms with Crippen molar-refractivity contribution in [3.8, 4) is 17.0 Å². The molecule has 2 aromatic carbocycles. The number of benzene rings is 2. The van der Waals surface area contributed by atoms with Gasteiger partial charge in [-0.25, -0.2) is 19.2 Å². The van der Waals surface area contributed by atoms with Gasteiger partial charge in [0.25, 0.3) is 5.91 Å². The maximum atomic E-state index is 14.9. The molecular weight excluding hydrogens is 735 g/mol. The van der Waals surface area contributed by atoms with Gasteiger partial charge >= 0.3 is 6.09 Å². The number of piperidine rings is 1. The Morgan fingerprint density at radius 2 is 1.83 bits per heavy atom. The molecule has 0 spiro atoms. The van der Waals surface area contributed by atoms with Gasteiger partial charge < -0.3 is 53.8 Å². The predicted molar refractivity (Wildman–Crippen MR) is 173 cm³/mol. The van der Waals surface area contributed by atoms with Gasteiger partial charge in [0, 0.05) is 67.6 Å². The van der Waals surface area contributed by atoms with Gasteiger partial charge in [-0.3, -0.25) is 9.20 Å². The predicted octanol–water partition coefficient (Wildman–Crippen LogP) is 2.19. The second-order valence-electron chi connectivity index (χ2n) is 12.9. The Balaban J connectivity index is 0.00000451. The van der Waals surface area contributed by atoms with Crippen LogP contribution >= 0.6 is 0 Å². The molecule has 0 aliphatic carbocycles. The van der Waals surface area contributed by atoms with Crippen molar-refractivity contribution in [3.63, 3.8) is 0 Å². The Hall–Kier alpha value is -4.05. The Kier molecular flexibility index (Phi) is 10.7. The fourth-order valence-electron chi connectivity index (χ4n) is 6.84. The Morgan fingerprint density at radius 1 is 1.08 bits per heavy atom. The van der Waals surface area contributed by atoms with Gasteiger partial charge in [0.2, 0.25) is 5.82 Å². The fourth-order valence-corrected chi connectivity index (χ4v) is 6.84. The number of ether oxygens (including phenoxy) is 1. The van der Waals surface area contributed by atoms with Gasteiger partial charge in [-0.1, -0.05) is 6.92 Å². The average molecular weight is 776 g/mol. The summed E-state index contributed by atoms with van der Waals surface area (Å²) in [6.07, 6.45) is 6.49. The third-order valence-electron chi connectivity index (χ3n) is 9.60. The van der Waals surface area contributed by atoms with Crippen molar-refractivity contribution in [1.82, 2.24) is 24.6 Å². The highest BCUT2D eigenvalue weighted by atomic mass is 127. The highest BCUT2D eigenvalue weighted by molar-refractivity contribution is 5.96. The van der Waals surface area contributed by atoms with E-state index < -0.39 is 17.7 Å². The van der Waals surface area contributed by atoms with E-state index in [1.54, 1.807) is 22.9 Å². The lowest BCUT2D eigenvalue weighted by atomic mass is 9.92. The molecule has 14 heteroatoms. The summed E-state index contributed by atoms with van der Waals surface area (Å²) in [5.74, 6) is -1.13. The summed E-state index contributed by atoms with van der Waals surface area (Å²) in [6, 6.07) is 8.35. The van der Waals surface area contributed by atoms with Crippen LogP contribution in [-0.4, -0.2) is 94.3 Å². The van der Waals surface area contributed by atoms with E-state index in [0.717, 1.165) is 42.5 Å². The Bertz CT molecular complexity index is 1810. The first-order valence-corrected chi connectivity index (χ1v) is 15.9. The van der Waals surface area contributed by atoms with Crippen LogP contribution in [0.3, 0.4) is 0 Å². The van der Waals surface area contributed by atoms with Gasteiger partial charge in [-0.05, 0) is 48.2 Å². The van der Waals surface area contributed by atoms with Crippen LogP contribution in [0.1, 0.15) is 35.7 Å². The molecule has 2 aromatic heterocycles. The molecule has 0 radical (unpaired) electrons. The number of hydrogen-bond donors (Lipinski definition) is 3. The normalized spacial score (nSPS) is 19.4. The first-order chi connectivity index (χ1) is 22.6. The standard InChI is InChI=1S/C34H39F2N7O4.HI/c1-4-23-15-24(40-31-32-38-17-27(42(32)12-11-37-31)26-7-8-28(47-3)30(36)29(26)35)5-6-25(23)33(44)39-16-21-9-13-43(2,14-10-21)20-22-18-41(19-22)34(45)46;/h5-8,11-12,15,17,21-22H,4,9-10,13-14,16,18-20H2,1-3H3,(H2-,37,39,40,44,45,46);1H. The minimum Gasteiger partial charge on any atom is -1.00 e.